The summed E-state index contributed by atoms with van der Waals surface area (Å²) in [7, 11) is -0.227. The van der Waals surface area contributed by atoms with E-state index in [-0.39, 0.29) is 17.8 Å². The third kappa shape index (κ3) is 4.70. The number of nitrogens with one attached hydrogen (secondary N) is 1. The Morgan fingerprint density at radius 3 is 2.48 bits per heavy atom. The van der Waals surface area contributed by atoms with Crippen molar-refractivity contribution >= 4 is 24.4 Å². The zero-order valence-corrected chi connectivity index (χ0v) is 12.3. The highest BCUT2D eigenvalue weighted by molar-refractivity contribution is 6.58. The average Bonchev–Trinajstić information content (AvgIpc) is 2.55. The van der Waals surface area contributed by atoms with Gasteiger partial charge in [0.2, 0.25) is 0 Å². The molecule has 8 heteroatoms. The van der Waals surface area contributed by atoms with Gasteiger partial charge in [-0.15, -0.1) is 0 Å². The van der Waals surface area contributed by atoms with Crippen LogP contribution in [0, 0.1) is 5.82 Å². The zero-order valence-electron chi connectivity index (χ0n) is 12.3. The van der Waals surface area contributed by atoms with Gasteiger partial charge in [-0.25, -0.2) is 9.18 Å². The number of amides is 1. The Morgan fingerprint density at radius 1 is 1.22 bits per heavy atom. The van der Waals surface area contributed by atoms with Crippen molar-refractivity contribution in [2.75, 3.05) is 12.4 Å². The standard InChI is InChI=1S/C15H15BFNO5/c1-22-12-5-2-10(3-6-12)9-23-15(19)18-14-7-4-11(16(20)21)8-13(14)17/h2-8,20-21H,9H2,1H3,(H,18,19). The fourth-order valence-electron chi connectivity index (χ4n) is 1.81. The van der Waals surface area contributed by atoms with Crippen LogP contribution in [0.5, 0.6) is 5.75 Å². The first kappa shape index (κ1) is 16.8. The molecule has 0 unspecified atom stereocenters. The lowest BCUT2D eigenvalue weighted by molar-refractivity contribution is 0.155. The van der Waals surface area contributed by atoms with Gasteiger partial charge in [-0.1, -0.05) is 18.2 Å². The van der Waals surface area contributed by atoms with E-state index in [1.54, 1.807) is 31.4 Å². The van der Waals surface area contributed by atoms with Crippen LogP contribution in [0.4, 0.5) is 14.9 Å². The lowest BCUT2D eigenvalue weighted by atomic mass is 9.80. The van der Waals surface area contributed by atoms with Crippen LogP contribution in [0.2, 0.25) is 0 Å². The number of carbonyl (C=O) groups is 1. The molecule has 0 bridgehead atoms. The molecule has 120 valence electrons. The highest BCUT2D eigenvalue weighted by Gasteiger charge is 2.15. The maximum atomic E-state index is 13.7. The number of hydrogen-bond donors (Lipinski definition) is 3. The molecule has 2 aromatic carbocycles. The Balaban J connectivity index is 1.91. The van der Waals surface area contributed by atoms with E-state index >= 15 is 0 Å². The summed E-state index contributed by atoms with van der Waals surface area (Å²) in [5, 5.41) is 20.1. The van der Waals surface area contributed by atoms with E-state index in [0.29, 0.717) is 5.75 Å². The second-order valence-corrected chi connectivity index (χ2v) is 4.66. The smallest absolute Gasteiger partial charge is 0.488 e. The first-order valence-electron chi connectivity index (χ1n) is 6.72. The molecular formula is C15H15BFNO5. The minimum absolute atomic E-state index is 0.0142. The third-order valence-corrected chi connectivity index (χ3v) is 3.06. The van der Waals surface area contributed by atoms with Crippen molar-refractivity contribution in [1.82, 2.24) is 0 Å². The van der Waals surface area contributed by atoms with Crippen LogP contribution in [-0.2, 0) is 11.3 Å². The summed E-state index contributed by atoms with van der Waals surface area (Å²) in [4.78, 5) is 11.7. The molecule has 1 amide bonds. The second-order valence-electron chi connectivity index (χ2n) is 4.66. The molecule has 0 atom stereocenters. The predicted octanol–water partition coefficient (Wildman–Crippen LogP) is 1.26. The summed E-state index contributed by atoms with van der Waals surface area (Å²) in [5.74, 6) is -0.108. The predicted molar refractivity (Wildman–Crippen MR) is 83.0 cm³/mol. The molecule has 6 nitrogen and oxygen atoms in total. The summed E-state index contributed by atoms with van der Waals surface area (Å²) in [5.41, 5.74) is 0.619. The van der Waals surface area contributed by atoms with E-state index in [1.807, 2.05) is 0 Å². The Bertz CT molecular complexity index is 678. The van der Waals surface area contributed by atoms with Gasteiger partial charge in [0, 0.05) is 0 Å². The zero-order chi connectivity index (χ0) is 16.8. The summed E-state index contributed by atoms with van der Waals surface area (Å²) in [6, 6.07) is 10.4. The molecule has 0 aliphatic carbocycles. The van der Waals surface area contributed by atoms with Gasteiger partial charge >= 0.3 is 13.2 Å². The van der Waals surface area contributed by atoms with Crippen LogP contribution >= 0.6 is 0 Å². The van der Waals surface area contributed by atoms with Crippen molar-refractivity contribution < 1.29 is 28.7 Å². The lowest BCUT2D eigenvalue weighted by Crippen LogP contribution is -2.30. The van der Waals surface area contributed by atoms with Crippen LogP contribution in [0.3, 0.4) is 0 Å². The summed E-state index contributed by atoms with van der Waals surface area (Å²) >= 11 is 0. The third-order valence-electron chi connectivity index (χ3n) is 3.06. The van der Waals surface area contributed by atoms with Crippen LogP contribution in [0.15, 0.2) is 42.5 Å². The number of halogens is 1. The van der Waals surface area contributed by atoms with E-state index in [1.165, 1.54) is 12.1 Å². The van der Waals surface area contributed by atoms with Crippen LogP contribution in [0.25, 0.3) is 0 Å². The van der Waals surface area contributed by atoms with Gasteiger partial charge in [0.25, 0.3) is 0 Å². The number of ether oxygens (including phenoxy) is 2. The van der Waals surface area contributed by atoms with Crippen LogP contribution in [-0.4, -0.2) is 30.4 Å². The Hall–Kier alpha value is -2.58. The van der Waals surface area contributed by atoms with Gasteiger partial charge in [-0.3, -0.25) is 5.32 Å². The second kappa shape index (κ2) is 7.62. The first-order chi connectivity index (χ1) is 11.0. The van der Waals surface area contributed by atoms with Gasteiger partial charge < -0.3 is 19.5 Å². The number of benzene rings is 2. The number of hydrogen-bond acceptors (Lipinski definition) is 5. The van der Waals surface area contributed by atoms with Crippen molar-refractivity contribution in [3.8, 4) is 5.75 Å². The molecule has 0 fully saturated rings. The maximum absolute atomic E-state index is 13.7. The average molecular weight is 319 g/mol. The largest absolute Gasteiger partial charge is 0.497 e. The maximum Gasteiger partial charge on any atom is 0.488 e. The highest BCUT2D eigenvalue weighted by Crippen LogP contribution is 2.14. The molecule has 0 saturated heterocycles. The molecule has 0 heterocycles. The van der Waals surface area contributed by atoms with Gasteiger partial charge in [-0.05, 0) is 35.3 Å². The fraction of sp³-hybridized carbons (Fsp3) is 0.133. The molecular weight excluding hydrogens is 304 g/mol. The number of anilines is 1. The molecule has 0 saturated carbocycles. The first-order valence-corrected chi connectivity index (χ1v) is 6.72. The Kier molecular flexibility index (Phi) is 5.56. The molecule has 2 aromatic rings. The summed E-state index contributed by atoms with van der Waals surface area (Å²) < 4.78 is 23.7. The van der Waals surface area contributed by atoms with E-state index in [9.17, 15) is 9.18 Å². The lowest BCUT2D eigenvalue weighted by Gasteiger charge is -2.09. The monoisotopic (exact) mass is 319 g/mol. The Morgan fingerprint density at radius 2 is 1.91 bits per heavy atom. The highest BCUT2D eigenvalue weighted by atomic mass is 19.1. The minimum Gasteiger partial charge on any atom is -0.497 e. The summed E-state index contributed by atoms with van der Waals surface area (Å²) in [6.45, 7) is 0.0187. The SMILES string of the molecule is COc1ccc(COC(=O)Nc2ccc(B(O)O)cc2F)cc1. The number of methoxy groups -OCH3 is 1. The van der Waals surface area contributed by atoms with Gasteiger partial charge in [-0.2, -0.15) is 0 Å². The van der Waals surface area contributed by atoms with Gasteiger partial charge in [0.1, 0.15) is 18.2 Å². The van der Waals surface area contributed by atoms with Crippen molar-refractivity contribution in [2.45, 2.75) is 6.61 Å². The minimum atomic E-state index is -1.78. The van der Waals surface area contributed by atoms with E-state index < -0.39 is 19.0 Å². The molecule has 0 aliphatic heterocycles. The van der Waals surface area contributed by atoms with Crippen LogP contribution < -0.4 is 15.5 Å². The number of rotatable bonds is 5. The molecule has 0 radical (unpaired) electrons. The molecule has 0 aliphatic rings. The Labute approximate surface area is 132 Å². The quantitative estimate of drug-likeness (QED) is 0.722. The molecule has 3 N–H and O–H groups in total. The van der Waals surface area contributed by atoms with E-state index in [0.717, 1.165) is 11.6 Å². The molecule has 0 aromatic heterocycles. The molecule has 23 heavy (non-hydrogen) atoms. The topological polar surface area (TPSA) is 88.0 Å². The van der Waals surface area contributed by atoms with E-state index in [2.05, 4.69) is 5.32 Å². The van der Waals surface area contributed by atoms with Crippen molar-refractivity contribution in [1.29, 1.82) is 0 Å². The summed E-state index contributed by atoms with van der Waals surface area (Å²) in [6.07, 6.45) is -0.822. The van der Waals surface area contributed by atoms with E-state index in [4.69, 9.17) is 19.5 Å². The number of carbonyl (C=O) groups excluding carboxylic acids is 1. The van der Waals surface area contributed by atoms with Crippen molar-refractivity contribution in [2.24, 2.45) is 0 Å². The molecule has 2 rings (SSSR count). The van der Waals surface area contributed by atoms with Crippen LogP contribution in [0.1, 0.15) is 5.56 Å². The molecule has 0 spiro atoms. The fourth-order valence-corrected chi connectivity index (χ4v) is 1.81. The normalized spacial score (nSPS) is 10.1. The van der Waals surface area contributed by atoms with Gasteiger partial charge in [0.15, 0.2) is 0 Å². The van der Waals surface area contributed by atoms with Crippen molar-refractivity contribution in [3.63, 3.8) is 0 Å². The van der Waals surface area contributed by atoms with Crippen molar-refractivity contribution in [3.05, 3.63) is 53.8 Å². The van der Waals surface area contributed by atoms with Gasteiger partial charge in [0.05, 0.1) is 12.8 Å².